The molecule has 0 aromatic heterocycles. The summed E-state index contributed by atoms with van der Waals surface area (Å²) in [5.74, 6) is -0.0501. The van der Waals surface area contributed by atoms with Crippen molar-refractivity contribution in [2.24, 2.45) is 10.4 Å². The Morgan fingerprint density at radius 1 is 1.33 bits per heavy atom. The molecule has 0 saturated carbocycles. The Morgan fingerprint density at radius 2 is 2.15 bits per heavy atom. The number of likely N-dealkylation sites (tertiary alicyclic amines) is 1. The summed E-state index contributed by atoms with van der Waals surface area (Å²) in [6, 6.07) is 5.98. The standard InChI is InChI=1S/C19H27FN4O2.HI/c1-2-21-18(24-11-7-19(13-24)8-12-26-14-19)23-10-9-22-17(25)15-5-3-4-6-16(15)20;/h3-6H,2,7-14H2,1H3,(H,21,23)(H,22,25);1H. The predicted octanol–water partition coefficient (Wildman–Crippen LogP) is 2.25. The van der Waals surface area contributed by atoms with Gasteiger partial charge in [0, 0.05) is 38.2 Å². The third-order valence-electron chi connectivity index (χ3n) is 5.04. The maximum Gasteiger partial charge on any atom is 0.254 e. The molecule has 0 radical (unpaired) electrons. The van der Waals surface area contributed by atoms with Gasteiger partial charge in [0.25, 0.3) is 5.91 Å². The molecule has 0 aliphatic carbocycles. The molecular formula is C19H28FIN4O2. The van der Waals surface area contributed by atoms with Crippen molar-refractivity contribution in [2.75, 3.05) is 45.9 Å². The van der Waals surface area contributed by atoms with Crippen molar-refractivity contribution in [3.05, 3.63) is 35.6 Å². The fraction of sp³-hybridized carbons (Fsp3) is 0.579. The molecular weight excluding hydrogens is 462 g/mol. The number of nitrogens with one attached hydrogen (secondary N) is 2. The quantitative estimate of drug-likeness (QED) is 0.288. The van der Waals surface area contributed by atoms with E-state index in [0.29, 0.717) is 13.1 Å². The molecule has 2 aliphatic rings. The molecule has 1 aromatic carbocycles. The fourth-order valence-corrected chi connectivity index (χ4v) is 3.58. The van der Waals surface area contributed by atoms with Gasteiger partial charge in [-0.3, -0.25) is 9.79 Å². The van der Waals surface area contributed by atoms with E-state index in [1.165, 1.54) is 12.1 Å². The van der Waals surface area contributed by atoms with Gasteiger partial charge < -0.3 is 20.3 Å². The summed E-state index contributed by atoms with van der Waals surface area (Å²) in [6.45, 7) is 7.26. The van der Waals surface area contributed by atoms with E-state index in [-0.39, 0.29) is 35.0 Å². The molecule has 1 atom stereocenters. The lowest BCUT2D eigenvalue weighted by molar-refractivity contribution is 0.0950. The van der Waals surface area contributed by atoms with Gasteiger partial charge in [0.1, 0.15) is 5.82 Å². The molecule has 3 rings (SSSR count). The number of carbonyl (C=O) groups excluding carboxylic acids is 1. The van der Waals surface area contributed by atoms with Gasteiger partial charge in [-0.15, -0.1) is 24.0 Å². The monoisotopic (exact) mass is 490 g/mol. The topological polar surface area (TPSA) is 66.0 Å². The largest absolute Gasteiger partial charge is 0.381 e. The van der Waals surface area contributed by atoms with Crippen molar-refractivity contribution in [2.45, 2.75) is 19.8 Å². The zero-order chi connectivity index (χ0) is 18.4. The van der Waals surface area contributed by atoms with Crippen LogP contribution in [-0.4, -0.2) is 62.7 Å². The number of guanidine groups is 1. The first-order chi connectivity index (χ1) is 12.6. The highest BCUT2D eigenvalue weighted by Crippen LogP contribution is 2.38. The lowest BCUT2D eigenvalue weighted by atomic mass is 9.87. The molecule has 1 amide bonds. The molecule has 2 heterocycles. The zero-order valence-electron chi connectivity index (χ0n) is 15.7. The maximum atomic E-state index is 13.6. The number of hydrogen-bond donors (Lipinski definition) is 2. The third-order valence-corrected chi connectivity index (χ3v) is 5.04. The second-order valence-electron chi connectivity index (χ2n) is 6.95. The van der Waals surface area contributed by atoms with Gasteiger partial charge in [-0.2, -0.15) is 0 Å². The Labute approximate surface area is 177 Å². The number of nitrogens with zero attached hydrogens (tertiary/aromatic N) is 2. The third kappa shape index (κ3) is 5.54. The molecule has 2 aliphatic heterocycles. The molecule has 0 bridgehead atoms. The van der Waals surface area contributed by atoms with Crippen LogP contribution >= 0.6 is 24.0 Å². The molecule has 150 valence electrons. The lowest BCUT2D eigenvalue weighted by Gasteiger charge is -2.25. The lowest BCUT2D eigenvalue weighted by Crippen LogP contribution is -2.42. The Kier molecular flexibility index (Phi) is 8.28. The summed E-state index contributed by atoms with van der Waals surface area (Å²) >= 11 is 0. The van der Waals surface area contributed by atoms with E-state index in [4.69, 9.17) is 4.74 Å². The van der Waals surface area contributed by atoms with Crippen LogP contribution in [0.5, 0.6) is 0 Å². The molecule has 1 unspecified atom stereocenters. The molecule has 2 saturated heterocycles. The molecule has 1 spiro atoms. The predicted molar refractivity (Wildman–Crippen MR) is 114 cm³/mol. The van der Waals surface area contributed by atoms with Crippen LogP contribution in [0, 0.1) is 11.2 Å². The number of ether oxygens (including phenoxy) is 1. The zero-order valence-corrected chi connectivity index (χ0v) is 18.0. The van der Waals surface area contributed by atoms with E-state index in [1.54, 1.807) is 12.1 Å². The first-order valence-corrected chi connectivity index (χ1v) is 9.27. The van der Waals surface area contributed by atoms with Crippen LogP contribution in [0.2, 0.25) is 0 Å². The molecule has 1 aromatic rings. The first-order valence-electron chi connectivity index (χ1n) is 9.27. The van der Waals surface area contributed by atoms with E-state index >= 15 is 0 Å². The minimum absolute atomic E-state index is 0. The minimum Gasteiger partial charge on any atom is -0.381 e. The number of rotatable bonds is 5. The second kappa shape index (κ2) is 10.2. The van der Waals surface area contributed by atoms with E-state index < -0.39 is 11.7 Å². The Morgan fingerprint density at radius 3 is 2.85 bits per heavy atom. The van der Waals surface area contributed by atoms with Gasteiger partial charge in [-0.25, -0.2) is 4.39 Å². The number of amides is 1. The van der Waals surface area contributed by atoms with Crippen molar-refractivity contribution >= 4 is 35.8 Å². The average molecular weight is 490 g/mol. The summed E-state index contributed by atoms with van der Waals surface area (Å²) in [5.41, 5.74) is 0.334. The molecule has 6 nitrogen and oxygen atoms in total. The smallest absolute Gasteiger partial charge is 0.254 e. The normalized spacial score (nSPS) is 22.0. The fourth-order valence-electron chi connectivity index (χ4n) is 3.58. The molecule has 8 heteroatoms. The number of hydrogen-bond acceptors (Lipinski definition) is 3. The molecule has 27 heavy (non-hydrogen) atoms. The van der Waals surface area contributed by atoms with Crippen LogP contribution < -0.4 is 10.6 Å². The Bertz CT molecular complexity index is 665. The van der Waals surface area contributed by atoms with Crippen LogP contribution in [0.25, 0.3) is 0 Å². The average Bonchev–Trinajstić information content (AvgIpc) is 3.28. The Balaban J connectivity index is 0.00000261. The summed E-state index contributed by atoms with van der Waals surface area (Å²) in [5, 5.41) is 6.05. The molecule has 2 fully saturated rings. The van der Waals surface area contributed by atoms with Crippen molar-refractivity contribution in [3.8, 4) is 0 Å². The highest BCUT2D eigenvalue weighted by molar-refractivity contribution is 14.0. The van der Waals surface area contributed by atoms with Gasteiger partial charge in [0.05, 0.1) is 18.7 Å². The summed E-state index contributed by atoms with van der Waals surface area (Å²) < 4.78 is 19.2. The minimum atomic E-state index is -0.511. The van der Waals surface area contributed by atoms with Crippen molar-refractivity contribution in [1.29, 1.82) is 0 Å². The van der Waals surface area contributed by atoms with E-state index in [1.807, 2.05) is 6.92 Å². The first kappa shape index (κ1) is 21.9. The number of benzene rings is 1. The van der Waals surface area contributed by atoms with E-state index in [0.717, 1.165) is 51.6 Å². The highest BCUT2D eigenvalue weighted by atomic mass is 127. The van der Waals surface area contributed by atoms with Gasteiger partial charge >= 0.3 is 0 Å². The number of halogens is 2. The Hall–Kier alpha value is -1.42. The molecule has 2 N–H and O–H groups in total. The summed E-state index contributed by atoms with van der Waals surface area (Å²) in [6.07, 6.45) is 2.24. The van der Waals surface area contributed by atoms with Gasteiger partial charge in [-0.05, 0) is 31.9 Å². The van der Waals surface area contributed by atoms with Gasteiger partial charge in [0.2, 0.25) is 0 Å². The van der Waals surface area contributed by atoms with E-state index in [9.17, 15) is 9.18 Å². The summed E-state index contributed by atoms with van der Waals surface area (Å²) in [7, 11) is 0. The van der Waals surface area contributed by atoms with E-state index in [2.05, 4.69) is 20.5 Å². The summed E-state index contributed by atoms with van der Waals surface area (Å²) in [4.78, 5) is 18.9. The maximum absolute atomic E-state index is 13.6. The van der Waals surface area contributed by atoms with Crippen molar-refractivity contribution in [1.82, 2.24) is 15.5 Å². The van der Waals surface area contributed by atoms with Crippen molar-refractivity contribution < 1.29 is 13.9 Å². The van der Waals surface area contributed by atoms with Crippen LogP contribution in [-0.2, 0) is 4.74 Å². The SMILES string of the molecule is CCNC(=NCCNC(=O)c1ccccc1F)N1CCC2(CCOC2)C1.I. The van der Waals surface area contributed by atoms with Crippen molar-refractivity contribution in [3.63, 3.8) is 0 Å². The second-order valence-corrected chi connectivity index (χ2v) is 6.95. The van der Waals surface area contributed by atoms with Crippen LogP contribution in [0.3, 0.4) is 0 Å². The highest BCUT2D eigenvalue weighted by Gasteiger charge is 2.42. The number of carbonyl (C=O) groups is 1. The van der Waals surface area contributed by atoms with Gasteiger partial charge in [0.15, 0.2) is 5.96 Å². The van der Waals surface area contributed by atoms with Crippen LogP contribution in [0.4, 0.5) is 4.39 Å². The number of aliphatic imine (C=N–C) groups is 1. The van der Waals surface area contributed by atoms with Crippen LogP contribution in [0.15, 0.2) is 29.3 Å². The van der Waals surface area contributed by atoms with Gasteiger partial charge in [-0.1, -0.05) is 12.1 Å². The van der Waals surface area contributed by atoms with Crippen LogP contribution in [0.1, 0.15) is 30.1 Å².